The third-order valence-corrected chi connectivity index (χ3v) is 5.40. The highest BCUT2D eigenvalue weighted by Gasteiger charge is 2.35. The highest BCUT2D eigenvalue weighted by Crippen LogP contribution is 2.24. The SMILES string of the molecule is COc1cccc(CN2C(=O)CCCCC2C(=O)N2CCN(C)CC2)c1. The second-order valence-corrected chi connectivity index (χ2v) is 7.26. The van der Waals surface area contributed by atoms with Crippen molar-refractivity contribution < 1.29 is 14.3 Å². The molecule has 0 spiro atoms. The summed E-state index contributed by atoms with van der Waals surface area (Å²) in [5.41, 5.74) is 0.996. The molecular weight excluding hydrogens is 330 g/mol. The van der Waals surface area contributed by atoms with Crippen molar-refractivity contribution in [2.75, 3.05) is 40.3 Å². The van der Waals surface area contributed by atoms with E-state index in [0.29, 0.717) is 13.0 Å². The first-order valence-corrected chi connectivity index (χ1v) is 9.48. The third-order valence-electron chi connectivity index (χ3n) is 5.40. The molecule has 1 aromatic carbocycles. The maximum absolute atomic E-state index is 13.2. The summed E-state index contributed by atoms with van der Waals surface area (Å²) in [6, 6.07) is 7.39. The summed E-state index contributed by atoms with van der Waals surface area (Å²) in [5.74, 6) is 0.959. The van der Waals surface area contributed by atoms with Gasteiger partial charge in [-0.2, -0.15) is 0 Å². The Morgan fingerprint density at radius 3 is 2.69 bits per heavy atom. The van der Waals surface area contributed by atoms with Crippen LogP contribution in [-0.2, 0) is 16.1 Å². The van der Waals surface area contributed by atoms with Gasteiger partial charge < -0.3 is 19.4 Å². The molecule has 6 heteroatoms. The average Bonchev–Trinajstić information content (AvgIpc) is 2.84. The Morgan fingerprint density at radius 2 is 1.96 bits per heavy atom. The van der Waals surface area contributed by atoms with Crippen LogP contribution in [0.3, 0.4) is 0 Å². The Bertz CT molecular complexity index is 641. The molecule has 1 atom stereocenters. The van der Waals surface area contributed by atoms with E-state index in [4.69, 9.17) is 4.74 Å². The van der Waals surface area contributed by atoms with Crippen molar-refractivity contribution in [3.8, 4) is 5.75 Å². The van der Waals surface area contributed by atoms with Crippen molar-refractivity contribution in [3.63, 3.8) is 0 Å². The Labute approximate surface area is 155 Å². The van der Waals surface area contributed by atoms with Crippen molar-refractivity contribution in [1.82, 2.24) is 14.7 Å². The molecule has 6 nitrogen and oxygen atoms in total. The lowest BCUT2D eigenvalue weighted by Gasteiger charge is -2.37. The zero-order valence-corrected chi connectivity index (χ0v) is 15.8. The first kappa shape index (κ1) is 18.7. The number of carbonyl (C=O) groups excluding carboxylic acids is 2. The van der Waals surface area contributed by atoms with E-state index in [1.165, 1.54) is 0 Å². The number of piperazine rings is 1. The number of amides is 2. The van der Waals surface area contributed by atoms with Gasteiger partial charge in [-0.05, 0) is 37.6 Å². The van der Waals surface area contributed by atoms with Crippen molar-refractivity contribution in [3.05, 3.63) is 29.8 Å². The molecule has 0 saturated carbocycles. The summed E-state index contributed by atoms with van der Waals surface area (Å²) in [7, 11) is 3.71. The predicted molar refractivity (Wildman–Crippen MR) is 99.9 cm³/mol. The fraction of sp³-hybridized carbons (Fsp3) is 0.600. The molecule has 0 bridgehead atoms. The van der Waals surface area contributed by atoms with Crippen LogP contribution >= 0.6 is 0 Å². The fourth-order valence-corrected chi connectivity index (χ4v) is 3.75. The Morgan fingerprint density at radius 1 is 1.19 bits per heavy atom. The lowest BCUT2D eigenvalue weighted by molar-refractivity contribution is -0.147. The number of nitrogens with zero attached hydrogens (tertiary/aromatic N) is 3. The number of likely N-dealkylation sites (N-methyl/N-ethyl adjacent to an activating group) is 1. The zero-order chi connectivity index (χ0) is 18.5. The molecular formula is C20H29N3O3. The number of benzene rings is 1. The van der Waals surface area contributed by atoms with Crippen LogP contribution in [-0.4, -0.2) is 72.9 Å². The molecule has 0 radical (unpaired) electrons. The number of ether oxygens (including phenoxy) is 1. The smallest absolute Gasteiger partial charge is 0.245 e. The lowest BCUT2D eigenvalue weighted by Crippen LogP contribution is -2.54. The number of likely N-dealkylation sites (tertiary alicyclic amines) is 1. The highest BCUT2D eigenvalue weighted by molar-refractivity contribution is 5.88. The van der Waals surface area contributed by atoms with Crippen molar-refractivity contribution in [2.45, 2.75) is 38.3 Å². The highest BCUT2D eigenvalue weighted by atomic mass is 16.5. The topological polar surface area (TPSA) is 53.1 Å². The van der Waals surface area contributed by atoms with Crippen LogP contribution in [0.2, 0.25) is 0 Å². The van der Waals surface area contributed by atoms with Crippen molar-refractivity contribution >= 4 is 11.8 Å². The van der Waals surface area contributed by atoms with Gasteiger partial charge in [0.05, 0.1) is 7.11 Å². The van der Waals surface area contributed by atoms with E-state index in [9.17, 15) is 9.59 Å². The zero-order valence-electron chi connectivity index (χ0n) is 15.8. The molecule has 142 valence electrons. The normalized spacial score (nSPS) is 22.2. The van der Waals surface area contributed by atoms with Crippen LogP contribution < -0.4 is 4.74 Å². The molecule has 2 amide bonds. The summed E-state index contributed by atoms with van der Waals surface area (Å²) < 4.78 is 5.29. The lowest BCUT2D eigenvalue weighted by atomic mass is 10.1. The average molecular weight is 359 g/mol. The minimum Gasteiger partial charge on any atom is -0.497 e. The number of methoxy groups -OCH3 is 1. The van der Waals surface area contributed by atoms with Crippen LogP contribution in [0.25, 0.3) is 0 Å². The summed E-state index contributed by atoms with van der Waals surface area (Å²) >= 11 is 0. The molecule has 0 aliphatic carbocycles. The second kappa shape index (κ2) is 8.54. The van der Waals surface area contributed by atoms with Gasteiger partial charge in [0.15, 0.2) is 0 Å². The molecule has 26 heavy (non-hydrogen) atoms. The maximum atomic E-state index is 13.2. The van der Waals surface area contributed by atoms with E-state index in [-0.39, 0.29) is 17.9 Å². The van der Waals surface area contributed by atoms with E-state index in [2.05, 4.69) is 11.9 Å². The summed E-state index contributed by atoms with van der Waals surface area (Å²) in [6.45, 7) is 3.73. The van der Waals surface area contributed by atoms with Gasteiger partial charge in [-0.1, -0.05) is 18.6 Å². The largest absolute Gasteiger partial charge is 0.497 e. The molecule has 1 unspecified atom stereocenters. The van der Waals surface area contributed by atoms with Crippen LogP contribution in [0.5, 0.6) is 5.75 Å². The van der Waals surface area contributed by atoms with Crippen LogP contribution in [0.4, 0.5) is 0 Å². The number of hydrogen-bond acceptors (Lipinski definition) is 4. The predicted octanol–water partition coefficient (Wildman–Crippen LogP) is 1.74. The Balaban J connectivity index is 1.78. The van der Waals surface area contributed by atoms with E-state index < -0.39 is 0 Å². The fourth-order valence-electron chi connectivity index (χ4n) is 3.75. The van der Waals surface area contributed by atoms with Crippen molar-refractivity contribution in [2.24, 2.45) is 0 Å². The van der Waals surface area contributed by atoms with Gasteiger partial charge in [0.1, 0.15) is 11.8 Å². The first-order valence-electron chi connectivity index (χ1n) is 9.48. The first-order chi connectivity index (χ1) is 12.6. The minimum absolute atomic E-state index is 0.0813. The van der Waals surface area contributed by atoms with E-state index >= 15 is 0 Å². The summed E-state index contributed by atoms with van der Waals surface area (Å²) in [6.07, 6.45) is 3.06. The van der Waals surface area contributed by atoms with Gasteiger partial charge in [0, 0.05) is 39.1 Å². The van der Waals surface area contributed by atoms with E-state index in [1.54, 1.807) is 12.0 Å². The Hall–Kier alpha value is -2.08. The molecule has 2 heterocycles. The van der Waals surface area contributed by atoms with Gasteiger partial charge >= 0.3 is 0 Å². The molecule has 2 fully saturated rings. The van der Waals surface area contributed by atoms with Gasteiger partial charge in [0.2, 0.25) is 11.8 Å². The van der Waals surface area contributed by atoms with Crippen LogP contribution in [0, 0.1) is 0 Å². The molecule has 2 aliphatic heterocycles. The van der Waals surface area contributed by atoms with E-state index in [1.807, 2.05) is 29.2 Å². The van der Waals surface area contributed by atoms with Crippen LogP contribution in [0.1, 0.15) is 31.2 Å². The molecule has 2 aliphatic rings. The Kier molecular flexibility index (Phi) is 6.14. The van der Waals surface area contributed by atoms with E-state index in [0.717, 1.165) is 56.8 Å². The monoisotopic (exact) mass is 359 g/mol. The molecule has 0 N–H and O–H groups in total. The third kappa shape index (κ3) is 4.36. The number of carbonyl (C=O) groups is 2. The second-order valence-electron chi connectivity index (χ2n) is 7.26. The maximum Gasteiger partial charge on any atom is 0.245 e. The van der Waals surface area contributed by atoms with Gasteiger partial charge in [0.25, 0.3) is 0 Å². The number of rotatable bonds is 4. The molecule has 0 aromatic heterocycles. The summed E-state index contributed by atoms with van der Waals surface area (Å²) in [4.78, 5) is 31.9. The van der Waals surface area contributed by atoms with Crippen LogP contribution in [0.15, 0.2) is 24.3 Å². The van der Waals surface area contributed by atoms with Gasteiger partial charge in [-0.3, -0.25) is 9.59 Å². The standard InChI is InChI=1S/C20H29N3O3/c1-21-10-12-22(13-11-21)20(25)18-8-3-4-9-19(24)23(18)15-16-6-5-7-17(14-16)26-2/h5-7,14,18H,3-4,8-13,15H2,1-2H3. The number of hydrogen-bond donors (Lipinski definition) is 0. The molecule has 1 aromatic rings. The van der Waals surface area contributed by atoms with Crippen molar-refractivity contribution in [1.29, 1.82) is 0 Å². The quantitative estimate of drug-likeness (QED) is 0.822. The van der Waals surface area contributed by atoms with Gasteiger partial charge in [-0.25, -0.2) is 0 Å². The summed E-state index contributed by atoms with van der Waals surface area (Å²) in [5, 5.41) is 0. The molecule has 2 saturated heterocycles. The molecule has 3 rings (SSSR count). The van der Waals surface area contributed by atoms with Gasteiger partial charge in [-0.15, -0.1) is 0 Å². The minimum atomic E-state index is -0.348.